The summed E-state index contributed by atoms with van der Waals surface area (Å²) >= 11 is 0. The highest BCUT2D eigenvalue weighted by Crippen LogP contribution is 2.55. The second-order valence-electron chi connectivity index (χ2n) is 8.77. The van der Waals surface area contributed by atoms with Crippen molar-refractivity contribution < 1.29 is 14.3 Å². The van der Waals surface area contributed by atoms with Gasteiger partial charge in [0.1, 0.15) is 0 Å². The lowest BCUT2D eigenvalue weighted by molar-refractivity contribution is -0.133. The van der Waals surface area contributed by atoms with Gasteiger partial charge in [0.25, 0.3) is 0 Å². The maximum absolute atomic E-state index is 12.6. The minimum Gasteiger partial charge on any atom is -0.450 e. The molecule has 2 saturated heterocycles. The third kappa shape index (κ3) is 2.90. The van der Waals surface area contributed by atoms with E-state index >= 15 is 0 Å². The highest BCUT2D eigenvalue weighted by molar-refractivity contribution is 5.82. The minimum absolute atomic E-state index is 0.151. The van der Waals surface area contributed by atoms with Crippen LogP contribution < -0.4 is 0 Å². The normalized spacial score (nSPS) is 34.5. The zero-order valence-corrected chi connectivity index (χ0v) is 16.4. The second kappa shape index (κ2) is 6.70. The van der Waals surface area contributed by atoms with Crippen molar-refractivity contribution in [3.05, 3.63) is 0 Å². The number of hydrogen-bond donors (Lipinski definition) is 0. The molecule has 2 heterocycles. The van der Waals surface area contributed by atoms with Crippen molar-refractivity contribution in [3.63, 3.8) is 0 Å². The SMILES string of the molecule is CCOC(=O)N1CC2(CCC(N3C[C@H]4C(C(=O)N(CC)CC)[C@@H]4C3)C2)C1. The van der Waals surface area contributed by atoms with E-state index in [1.807, 2.05) is 16.7 Å². The van der Waals surface area contributed by atoms with Crippen LogP contribution in [0, 0.1) is 23.2 Å². The molecule has 2 aliphatic carbocycles. The Morgan fingerprint density at radius 3 is 2.35 bits per heavy atom. The van der Waals surface area contributed by atoms with Crippen LogP contribution >= 0.6 is 0 Å². The largest absolute Gasteiger partial charge is 0.450 e. The standard InChI is InChI=1S/C20H33N3O3/c1-4-21(5-2)18(24)17-15-10-22(11-16(15)17)14-7-8-20(9-14)12-23(13-20)19(25)26-6-3/h14-17H,4-13H2,1-3H3/t14?,15-,16-/m1/s1. The van der Waals surface area contributed by atoms with Gasteiger partial charge in [-0.25, -0.2) is 4.79 Å². The van der Waals surface area contributed by atoms with E-state index in [-0.39, 0.29) is 6.09 Å². The summed E-state index contributed by atoms with van der Waals surface area (Å²) < 4.78 is 5.11. The van der Waals surface area contributed by atoms with Gasteiger partial charge in [-0.05, 0) is 51.9 Å². The fraction of sp³-hybridized carbons (Fsp3) is 0.900. The van der Waals surface area contributed by atoms with Gasteiger partial charge < -0.3 is 14.5 Å². The lowest BCUT2D eigenvalue weighted by Crippen LogP contribution is -2.57. The first-order valence-electron chi connectivity index (χ1n) is 10.5. The molecule has 4 aliphatic rings. The Morgan fingerprint density at radius 2 is 1.77 bits per heavy atom. The summed E-state index contributed by atoms with van der Waals surface area (Å²) in [6.45, 7) is 12.1. The number of carbonyl (C=O) groups excluding carboxylic acids is 2. The molecule has 0 aromatic heterocycles. The molecule has 146 valence electrons. The van der Waals surface area contributed by atoms with E-state index in [2.05, 4.69) is 18.7 Å². The van der Waals surface area contributed by atoms with Crippen LogP contribution in [-0.4, -0.2) is 78.6 Å². The Kier molecular flexibility index (Phi) is 4.66. The van der Waals surface area contributed by atoms with Crippen LogP contribution in [0.2, 0.25) is 0 Å². The van der Waals surface area contributed by atoms with Gasteiger partial charge in [0.05, 0.1) is 6.61 Å². The lowest BCUT2D eigenvalue weighted by atomic mass is 9.78. The number of fused-ring (bicyclic) bond motifs is 1. The van der Waals surface area contributed by atoms with Crippen LogP contribution in [-0.2, 0) is 9.53 Å². The van der Waals surface area contributed by atoms with E-state index in [4.69, 9.17) is 4.74 Å². The highest BCUT2D eigenvalue weighted by atomic mass is 16.6. The summed E-state index contributed by atoms with van der Waals surface area (Å²) in [6, 6.07) is 0.649. The van der Waals surface area contributed by atoms with Crippen molar-refractivity contribution >= 4 is 12.0 Å². The predicted molar refractivity (Wildman–Crippen MR) is 98.6 cm³/mol. The molecule has 0 radical (unpaired) electrons. The van der Waals surface area contributed by atoms with E-state index in [1.54, 1.807) is 0 Å². The first-order chi connectivity index (χ1) is 12.5. The number of amides is 2. The average Bonchev–Trinajstić information content (AvgIpc) is 2.97. The van der Waals surface area contributed by atoms with Gasteiger partial charge in [-0.3, -0.25) is 9.69 Å². The highest BCUT2D eigenvalue weighted by Gasteiger charge is 2.62. The molecule has 1 spiro atoms. The van der Waals surface area contributed by atoms with Gasteiger partial charge in [-0.15, -0.1) is 0 Å². The third-order valence-electron chi connectivity index (χ3n) is 7.35. The first-order valence-corrected chi connectivity index (χ1v) is 10.5. The third-order valence-corrected chi connectivity index (χ3v) is 7.35. The number of nitrogens with zero attached hydrogens (tertiary/aromatic N) is 3. The quantitative estimate of drug-likeness (QED) is 0.750. The molecule has 2 saturated carbocycles. The van der Waals surface area contributed by atoms with Gasteiger partial charge in [0, 0.05) is 56.6 Å². The molecule has 0 aromatic carbocycles. The van der Waals surface area contributed by atoms with Gasteiger partial charge in [-0.1, -0.05) is 0 Å². The number of likely N-dealkylation sites (tertiary alicyclic amines) is 2. The monoisotopic (exact) mass is 363 g/mol. The Hall–Kier alpha value is -1.30. The molecule has 26 heavy (non-hydrogen) atoms. The number of ether oxygens (including phenoxy) is 1. The molecule has 1 unspecified atom stereocenters. The lowest BCUT2D eigenvalue weighted by Gasteiger charge is -2.47. The van der Waals surface area contributed by atoms with Gasteiger partial charge in [0.2, 0.25) is 5.91 Å². The van der Waals surface area contributed by atoms with E-state index in [0.717, 1.165) is 39.3 Å². The van der Waals surface area contributed by atoms with Crippen LogP contribution in [0.5, 0.6) is 0 Å². The van der Waals surface area contributed by atoms with Crippen LogP contribution in [0.1, 0.15) is 40.0 Å². The predicted octanol–water partition coefficient (Wildman–Crippen LogP) is 2.04. The Balaban J connectivity index is 1.24. The summed E-state index contributed by atoms with van der Waals surface area (Å²) in [6.07, 6.45) is 3.52. The maximum Gasteiger partial charge on any atom is 0.409 e. The van der Waals surface area contributed by atoms with Crippen molar-refractivity contribution in [2.24, 2.45) is 23.2 Å². The molecule has 6 heteroatoms. The summed E-state index contributed by atoms with van der Waals surface area (Å²) in [4.78, 5) is 30.9. The van der Waals surface area contributed by atoms with Gasteiger partial charge >= 0.3 is 6.09 Å². The number of rotatable bonds is 5. The summed E-state index contributed by atoms with van der Waals surface area (Å²) in [5, 5.41) is 0. The van der Waals surface area contributed by atoms with Crippen LogP contribution in [0.15, 0.2) is 0 Å². The zero-order chi connectivity index (χ0) is 18.5. The summed E-state index contributed by atoms with van der Waals surface area (Å²) in [5.41, 5.74) is 0.334. The van der Waals surface area contributed by atoms with Crippen molar-refractivity contribution in [3.8, 4) is 0 Å². The van der Waals surface area contributed by atoms with Crippen molar-refractivity contribution in [2.75, 3.05) is 45.9 Å². The average molecular weight is 364 g/mol. The molecule has 6 nitrogen and oxygen atoms in total. The van der Waals surface area contributed by atoms with Crippen molar-refractivity contribution in [1.82, 2.24) is 14.7 Å². The molecule has 3 atom stereocenters. The minimum atomic E-state index is -0.151. The van der Waals surface area contributed by atoms with E-state index in [9.17, 15) is 9.59 Å². The molecular weight excluding hydrogens is 330 g/mol. The number of hydrogen-bond acceptors (Lipinski definition) is 4. The van der Waals surface area contributed by atoms with Crippen molar-refractivity contribution in [1.29, 1.82) is 0 Å². The van der Waals surface area contributed by atoms with Crippen LogP contribution in [0.4, 0.5) is 4.79 Å². The van der Waals surface area contributed by atoms with E-state index in [1.165, 1.54) is 19.3 Å². The van der Waals surface area contributed by atoms with Crippen LogP contribution in [0.25, 0.3) is 0 Å². The molecule has 0 N–H and O–H groups in total. The molecule has 4 rings (SSSR count). The smallest absolute Gasteiger partial charge is 0.409 e. The van der Waals surface area contributed by atoms with E-state index < -0.39 is 0 Å². The summed E-state index contributed by atoms with van der Waals surface area (Å²) in [7, 11) is 0. The molecule has 4 fully saturated rings. The Labute approximate surface area is 156 Å². The number of piperidine rings is 1. The van der Waals surface area contributed by atoms with Gasteiger partial charge in [0.15, 0.2) is 0 Å². The van der Waals surface area contributed by atoms with E-state index in [0.29, 0.717) is 41.7 Å². The fourth-order valence-corrected chi connectivity index (χ4v) is 5.85. The first kappa shape index (κ1) is 18.1. The Morgan fingerprint density at radius 1 is 1.12 bits per heavy atom. The number of carbonyl (C=O) groups is 2. The topological polar surface area (TPSA) is 53.1 Å². The maximum atomic E-state index is 12.6. The van der Waals surface area contributed by atoms with Crippen molar-refractivity contribution in [2.45, 2.75) is 46.1 Å². The Bertz CT molecular complexity index is 559. The zero-order valence-electron chi connectivity index (χ0n) is 16.4. The molecule has 2 amide bonds. The molecule has 2 aliphatic heterocycles. The molecular formula is C20H33N3O3. The second-order valence-corrected chi connectivity index (χ2v) is 8.77. The summed E-state index contributed by atoms with van der Waals surface area (Å²) in [5.74, 6) is 1.87. The van der Waals surface area contributed by atoms with Crippen LogP contribution in [0.3, 0.4) is 0 Å². The fourth-order valence-electron chi connectivity index (χ4n) is 5.85. The van der Waals surface area contributed by atoms with Gasteiger partial charge in [-0.2, -0.15) is 0 Å². The molecule has 0 bridgehead atoms. The molecule has 0 aromatic rings.